The van der Waals surface area contributed by atoms with E-state index in [9.17, 15) is 5.11 Å². The minimum atomic E-state index is 0.131. The molecule has 0 amide bonds. The van der Waals surface area contributed by atoms with Crippen molar-refractivity contribution in [3.8, 4) is 0 Å². The molecule has 1 aliphatic heterocycles. The number of rotatable bonds is 5. The molecule has 110 valence electrons. The van der Waals surface area contributed by atoms with E-state index in [1.54, 1.807) is 0 Å². The number of aliphatic hydroxyl groups excluding tert-OH is 1. The van der Waals surface area contributed by atoms with E-state index in [0.717, 1.165) is 25.9 Å². The van der Waals surface area contributed by atoms with Crippen molar-refractivity contribution in [3.63, 3.8) is 0 Å². The van der Waals surface area contributed by atoms with Gasteiger partial charge in [0.1, 0.15) is 5.84 Å². The first-order valence-corrected chi connectivity index (χ1v) is 7.11. The summed E-state index contributed by atoms with van der Waals surface area (Å²) >= 11 is 0. The molecule has 0 aromatic heterocycles. The second-order valence-corrected chi connectivity index (χ2v) is 5.38. The minimum absolute atomic E-state index is 0.131. The molecule has 1 atom stereocenters. The summed E-state index contributed by atoms with van der Waals surface area (Å²) in [5, 5.41) is 21.2. The van der Waals surface area contributed by atoms with Crippen LogP contribution < -0.4 is 5.73 Å². The van der Waals surface area contributed by atoms with E-state index in [1.165, 1.54) is 5.56 Å². The quantitative estimate of drug-likeness (QED) is 0.330. The number of oxime groups is 1. The Hall–Kier alpha value is -1.59. The van der Waals surface area contributed by atoms with Gasteiger partial charge in [-0.05, 0) is 37.4 Å². The number of hydrogen-bond acceptors (Lipinski definition) is 4. The van der Waals surface area contributed by atoms with Gasteiger partial charge in [0.25, 0.3) is 0 Å². The third-order valence-corrected chi connectivity index (χ3v) is 4.06. The van der Waals surface area contributed by atoms with Gasteiger partial charge in [0.2, 0.25) is 0 Å². The number of nitrogens with two attached hydrogens (primary N) is 1. The Morgan fingerprint density at radius 1 is 1.30 bits per heavy atom. The number of benzene rings is 1. The van der Waals surface area contributed by atoms with Gasteiger partial charge in [-0.1, -0.05) is 35.5 Å². The van der Waals surface area contributed by atoms with Crippen LogP contribution in [0.25, 0.3) is 0 Å². The summed E-state index contributed by atoms with van der Waals surface area (Å²) in [5.41, 5.74) is 6.89. The molecule has 1 unspecified atom stereocenters. The summed E-state index contributed by atoms with van der Waals surface area (Å²) in [6, 6.07) is 10.3. The zero-order valence-corrected chi connectivity index (χ0v) is 11.7. The average Bonchev–Trinajstić information content (AvgIpc) is 2.53. The summed E-state index contributed by atoms with van der Waals surface area (Å²) in [6.45, 7) is 2.14. The summed E-state index contributed by atoms with van der Waals surface area (Å²) in [7, 11) is 0. The summed E-state index contributed by atoms with van der Waals surface area (Å²) in [4.78, 5) is 2.36. The monoisotopic (exact) mass is 277 g/mol. The molecule has 1 fully saturated rings. The van der Waals surface area contributed by atoms with Gasteiger partial charge in [0.05, 0.1) is 0 Å². The molecule has 1 saturated heterocycles. The molecule has 0 radical (unpaired) electrons. The predicted octanol–water partition coefficient (Wildman–Crippen LogP) is 1.57. The van der Waals surface area contributed by atoms with Crippen LogP contribution in [0, 0.1) is 5.92 Å². The Labute approximate surface area is 119 Å². The molecule has 0 saturated carbocycles. The van der Waals surface area contributed by atoms with E-state index < -0.39 is 0 Å². The summed E-state index contributed by atoms with van der Waals surface area (Å²) < 4.78 is 0. The summed E-state index contributed by atoms with van der Waals surface area (Å²) in [5.74, 6) is 0.662. The molecule has 1 heterocycles. The van der Waals surface area contributed by atoms with Crippen molar-refractivity contribution >= 4 is 5.84 Å². The zero-order valence-electron chi connectivity index (χ0n) is 11.7. The normalized spacial score (nSPS) is 19.9. The minimum Gasteiger partial charge on any atom is -0.409 e. The fourth-order valence-corrected chi connectivity index (χ4v) is 2.82. The van der Waals surface area contributed by atoms with Crippen molar-refractivity contribution in [2.75, 3.05) is 19.7 Å². The lowest BCUT2D eigenvalue weighted by molar-refractivity contribution is 0.102. The lowest BCUT2D eigenvalue weighted by Gasteiger charge is -2.37. The fourth-order valence-electron chi connectivity index (χ4n) is 2.82. The van der Waals surface area contributed by atoms with Gasteiger partial charge in [-0.3, -0.25) is 4.90 Å². The first kappa shape index (κ1) is 14.8. The zero-order chi connectivity index (χ0) is 14.4. The van der Waals surface area contributed by atoms with Crippen LogP contribution in [0.2, 0.25) is 0 Å². The number of piperidine rings is 1. The molecule has 20 heavy (non-hydrogen) atoms. The molecule has 0 bridgehead atoms. The van der Waals surface area contributed by atoms with Crippen LogP contribution in [0.1, 0.15) is 30.9 Å². The van der Waals surface area contributed by atoms with Gasteiger partial charge in [-0.15, -0.1) is 0 Å². The highest BCUT2D eigenvalue weighted by Crippen LogP contribution is 2.29. The standard InChI is InChI=1S/C15H23N3O2/c16-15(17-20)10-14(13-4-2-1-3-5-13)18-8-6-12(11-19)7-9-18/h1-5,12,14,19-20H,6-11H2,(H2,16,17). The van der Waals surface area contributed by atoms with Gasteiger partial charge >= 0.3 is 0 Å². The lowest BCUT2D eigenvalue weighted by atomic mass is 9.93. The summed E-state index contributed by atoms with van der Waals surface area (Å²) in [6.07, 6.45) is 2.51. The Kier molecular flexibility index (Phi) is 5.38. The molecule has 0 aliphatic carbocycles. The van der Waals surface area contributed by atoms with Crippen molar-refractivity contribution < 1.29 is 10.3 Å². The van der Waals surface area contributed by atoms with E-state index >= 15 is 0 Å². The molecular formula is C15H23N3O2. The number of nitrogens with zero attached hydrogens (tertiary/aromatic N) is 2. The Bertz CT molecular complexity index is 428. The third-order valence-electron chi connectivity index (χ3n) is 4.06. The van der Waals surface area contributed by atoms with Crippen molar-refractivity contribution in [3.05, 3.63) is 35.9 Å². The molecule has 5 heteroatoms. The molecule has 1 aliphatic rings. The fraction of sp³-hybridized carbons (Fsp3) is 0.533. The predicted molar refractivity (Wildman–Crippen MR) is 78.6 cm³/mol. The van der Waals surface area contributed by atoms with Crippen molar-refractivity contribution in [2.45, 2.75) is 25.3 Å². The van der Waals surface area contributed by atoms with Crippen LogP contribution >= 0.6 is 0 Å². The van der Waals surface area contributed by atoms with Crippen LogP contribution in [0.3, 0.4) is 0 Å². The van der Waals surface area contributed by atoms with Gasteiger partial charge < -0.3 is 16.0 Å². The Morgan fingerprint density at radius 2 is 1.95 bits per heavy atom. The van der Waals surface area contributed by atoms with Crippen LogP contribution in [-0.4, -0.2) is 40.7 Å². The Balaban J connectivity index is 2.11. The molecule has 0 spiro atoms. The van der Waals surface area contributed by atoms with Crippen molar-refractivity contribution in [1.82, 2.24) is 4.90 Å². The van der Waals surface area contributed by atoms with E-state index in [4.69, 9.17) is 10.9 Å². The van der Waals surface area contributed by atoms with E-state index in [1.807, 2.05) is 18.2 Å². The van der Waals surface area contributed by atoms with Gasteiger partial charge in [-0.25, -0.2) is 0 Å². The Morgan fingerprint density at radius 3 is 2.50 bits per heavy atom. The number of likely N-dealkylation sites (tertiary alicyclic amines) is 1. The molecule has 4 N–H and O–H groups in total. The van der Waals surface area contributed by atoms with Crippen LogP contribution in [0.15, 0.2) is 35.5 Å². The van der Waals surface area contributed by atoms with Gasteiger partial charge in [0, 0.05) is 19.1 Å². The van der Waals surface area contributed by atoms with Gasteiger partial charge in [0.15, 0.2) is 0 Å². The molecule has 5 nitrogen and oxygen atoms in total. The molecule has 1 aromatic rings. The highest BCUT2D eigenvalue weighted by molar-refractivity contribution is 5.80. The van der Waals surface area contributed by atoms with Crippen LogP contribution in [-0.2, 0) is 0 Å². The van der Waals surface area contributed by atoms with Crippen LogP contribution in [0.5, 0.6) is 0 Å². The molecular weight excluding hydrogens is 254 g/mol. The maximum atomic E-state index is 9.23. The van der Waals surface area contributed by atoms with Crippen molar-refractivity contribution in [1.29, 1.82) is 0 Å². The highest BCUT2D eigenvalue weighted by atomic mass is 16.4. The smallest absolute Gasteiger partial charge is 0.141 e. The maximum Gasteiger partial charge on any atom is 0.141 e. The average molecular weight is 277 g/mol. The SMILES string of the molecule is NC(CC(c1ccccc1)N1CCC(CO)CC1)=NO. The largest absolute Gasteiger partial charge is 0.409 e. The first-order valence-electron chi connectivity index (χ1n) is 7.11. The second-order valence-electron chi connectivity index (χ2n) is 5.38. The maximum absolute atomic E-state index is 9.23. The van der Waals surface area contributed by atoms with Crippen LogP contribution in [0.4, 0.5) is 0 Å². The topological polar surface area (TPSA) is 82.1 Å². The second kappa shape index (κ2) is 7.26. The highest BCUT2D eigenvalue weighted by Gasteiger charge is 2.26. The molecule has 1 aromatic carbocycles. The van der Waals surface area contributed by atoms with E-state index in [-0.39, 0.29) is 18.5 Å². The van der Waals surface area contributed by atoms with E-state index in [0.29, 0.717) is 12.3 Å². The number of aliphatic hydroxyl groups is 1. The van der Waals surface area contributed by atoms with E-state index in [2.05, 4.69) is 22.2 Å². The lowest BCUT2D eigenvalue weighted by Crippen LogP contribution is -2.39. The number of amidine groups is 1. The first-order chi connectivity index (χ1) is 9.74. The molecule has 2 rings (SSSR count). The third kappa shape index (κ3) is 3.71. The van der Waals surface area contributed by atoms with Gasteiger partial charge in [-0.2, -0.15) is 0 Å². The van der Waals surface area contributed by atoms with Crippen molar-refractivity contribution in [2.24, 2.45) is 16.8 Å². The number of hydrogen-bond donors (Lipinski definition) is 3.